The number of carbonyl (C=O) groups excluding carboxylic acids is 3. The van der Waals surface area contributed by atoms with Crippen molar-refractivity contribution >= 4 is 64.1 Å². The first-order chi connectivity index (χ1) is 16.8. The molecule has 7 nitrogen and oxygen atoms in total. The Balaban J connectivity index is 1.38. The molecule has 0 unspecified atom stereocenters. The summed E-state index contributed by atoms with van der Waals surface area (Å²) in [6.07, 6.45) is -0.242. The molecule has 0 bridgehead atoms. The lowest BCUT2D eigenvalue weighted by Gasteiger charge is -2.11. The summed E-state index contributed by atoms with van der Waals surface area (Å²) in [6.45, 7) is -0.497. The summed E-state index contributed by atoms with van der Waals surface area (Å²) in [6, 6.07) is 19.6. The van der Waals surface area contributed by atoms with E-state index in [1.54, 1.807) is 36.0 Å². The van der Waals surface area contributed by atoms with E-state index in [9.17, 15) is 14.4 Å². The van der Waals surface area contributed by atoms with Gasteiger partial charge in [0.25, 0.3) is 5.91 Å². The molecule has 0 heterocycles. The first kappa shape index (κ1) is 26.4. The van der Waals surface area contributed by atoms with Gasteiger partial charge in [-0.15, -0.1) is 0 Å². The van der Waals surface area contributed by atoms with Gasteiger partial charge in [-0.3, -0.25) is 14.4 Å². The molecule has 0 aliphatic heterocycles. The topological polar surface area (TPSA) is 93.7 Å². The summed E-state index contributed by atoms with van der Waals surface area (Å²) in [5.74, 6) is -1.14. The van der Waals surface area contributed by atoms with E-state index >= 15 is 0 Å². The monoisotopic (exact) mass is 532 g/mol. The summed E-state index contributed by atoms with van der Waals surface area (Å²) in [4.78, 5) is 38.2. The SMILES string of the molecule is COc1ccc(Cl)cc1NC(=O)COC(=O)CCC(=O)Nc1ccc(Sc2ccc(Cl)cc2)cc1. The van der Waals surface area contributed by atoms with Crippen LogP contribution in [0.5, 0.6) is 5.75 Å². The summed E-state index contributed by atoms with van der Waals surface area (Å²) in [7, 11) is 1.46. The van der Waals surface area contributed by atoms with Gasteiger partial charge in [-0.25, -0.2) is 0 Å². The molecule has 2 amide bonds. The smallest absolute Gasteiger partial charge is 0.306 e. The van der Waals surface area contributed by atoms with Crippen molar-refractivity contribution < 1.29 is 23.9 Å². The van der Waals surface area contributed by atoms with Crippen LogP contribution in [0.25, 0.3) is 0 Å². The van der Waals surface area contributed by atoms with Gasteiger partial charge in [0, 0.05) is 31.9 Å². The Morgan fingerprint density at radius 1 is 0.800 bits per heavy atom. The summed E-state index contributed by atoms with van der Waals surface area (Å²) in [5.41, 5.74) is 0.969. The van der Waals surface area contributed by atoms with Crippen molar-refractivity contribution in [3.8, 4) is 5.75 Å². The molecule has 182 valence electrons. The minimum atomic E-state index is -0.664. The molecule has 3 aromatic rings. The molecule has 0 spiro atoms. The molecule has 3 aromatic carbocycles. The molecule has 35 heavy (non-hydrogen) atoms. The molecule has 0 saturated heterocycles. The number of halogens is 2. The van der Waals surface area contributed by atoms with Gasteiger partial charge in [0.15, 0.2) is 6.61 Å². The lowest BCUT2D eigenvalue weighted by Crippen LogP contribution is -2.22. The van der Waals surface area contributed by atoms with Crippen molar-refractivity contribution in [3.63, 3.8) is 0 Å². The summed E-state index contributed by atoms with van der Waals surface area (Å²) >= 11 is 13.4. The zero-order valence-corrected chi connectivity index (χ0v) is 21.0. The lowest BCUT2D eigenvalue weighted by atomic mass is 10.2. The molecule has 0 saturated carbocycles. The Labute approximate surface area is 217 Å². The van der Waals surface area contributed by atoms with Crippen LogP contribution in [0.2, 0.25) is 10.0 Å². The number of esters is 1. The molecular weight excluding hydrogens is 511 g/mol. The third kappa shape index (κ3) is 8.83. The normalized spacial score (nSPS) is 10.4. The number of hydrogen-bond acceptors (Lipinski definition) is 6. The van der Waals surface area contributed by atoms with Crippen LogP contribution in [0.1, 0.15) is 12.8 Å². The first-order valence-electron chi connectivity index (χ1n) is 10.4. The average Bonchev–Trinajstić information content (AvgIpc) is 2.84. The molecular formula is C25H22Cl2N2O5S. The Kier molecular flexibility index (Phi) is 9.84. The highest BCUT2D eigenvalue weighted by atomic mass is 35.5. The Morgan fingerprint density at radius 2 is 1.43 bits per heavy atom. The predicted octanol–water partition coefficient (Wildman–Crippen LogP) is 6.05. The highest BCUT2D eigenvalue weighted by Gasteiger charge is 2.13. The number of carbonyl (C=O) groups is 3. The maximum Gasteiger partial charge on any atom is 0.306 e. The van der Waals surface area contributed by atoms with Gasteiger partial charge in [-0.05, 0) is 66.7 Å². The number of anilines is 2. The fraction of sp³-hybridized carbons (Fsp3) is 0.160. The minimum absolute atomic E-state index is 0.0795. The third-order valence-corrected chi connectivity index (χ3v) is 6.05. The molecule has 3 rings (SSSR count). The van der Waals surface area contributed by atoms with E-state index in [1.807, 2.05) is 36.4 Å². The number of methoxy groups -OCH3 is 1. The van der Waals surface area contributed by atoms with E-state index in [0.29, 0.717) is 27.2 Å². The summed E-state index contributed by atoms with van der Waals surface area (Å²) in [5, 5.41) is 6.39. The maximum absolute atomic E-state index is 12.2. The van der Waals surface area contributed by atoms with Crippen LogP contribution in [0.15, 0.2) is 76.5 Å². The van der Waals surface area contributed by atoms with Gasteiger partial charge in [-0.1, -0.05) is 35.0 Å². The zero-order valence-electron chi connectivity index (χ0n) is 18.7. The molecule has 0 aliphatic carbocycles. The third-order valence-electron chi connectivity index (χ3n) is 4.54. The standard InChI is InChI=1S/C25H22Cl2N2O5S/c1-33-22-11-4-17(27)14-21(22)29-24(31)15-34-25(32)13-12-23(30)28-18-5-9-20(10-6-18)35-19-7-2-16(26)3-8-19/h2-11,14H,12-13,15H2,1H3,(H,28,30)(H,29,31). The second kappa shape index (κ2) is 13.0. The summed E-state index contributed by atoms with van der Waals surface area (Å²) < 4.78 is 10.1. The number of benzene rings is 3. The fourth-order valence-corrected chi connectivity index (χ4v) is 3.98. The van der Waals surface area contributed by atoms with Gasteiger partial charge in [0.05, 0.1) is 19.2 Å². The molecule has 2 N–H and O–H groups in total. The Hall–Kier alpha value is -3.20. The van der Waals surface area contributed by atoms with Crippen LogP contribution in [-0.4, -0.2) is 31.5 Å². The molecule has 0 radical (unpaired) electrons. The van der Waals surface area contributed by atoms with Gasteiger partial charge >= 0.3 is 5.97 Å². The van der Waals surface area contributed by atoms with E-state index in [4.69, 9.17) is 32.7 Å². The lowest BCUT2D eigenvalue weighted by molar-refractivity contribution is -0.147. The predicted molar refractivity (Wildman–Crippen MR) is 137 cm³/mol. The number of amides is 2. The van der Waals surface area contributed by atoms with E-state index < -0.39 is 18.5 Å². The van der Waals surface area contributed by atoms with E-state index in [-0.39, 0.29) is 18.7 Å². The van der Waals surface area contributed by atoms with Crippen molar-refractivity contribution in [1.29, 1.82) is 0 Å². The van der Waals surface area contributed by atoms with Crippen LogP contribution in [0.4, 0.5) is 11.4 Å². The largest absolute Gasteiger partial charge is 0.495 e. The molecule has 0 aliphatic rings. The second-order valence-corrected chi connectivity index (χ2v) is 9.20. The van der Waals surface area contributed by atoms with E-state index in [2.05, 4.69) is 10.6 Å². The highest BCUT2D eigenvalue weighted by Crippen LogP contribution is 2.29. The zero-order chi connectivity index (χ0) is 25.2. The van der Waals surface area contributed by atoms with Crippen molar-refractivity contribution in [3.05, 3.63) is 76.8 Å². The van der Waals surface area contributed by atoms with E-state index in [1.165, 1.54) is 13.2 Å². The van der Waals surface area contributed by atoms with Crippen LogP contribution in [0.3, 0.4) is 0 Å². The molecule has 0 atom stereocenters. The van der Waals surface area contributed by atoms with Gasteiger partial charge in [0.1, 0.15) is 5.75 Å². The maximum atomic E-state index is 12.2. The average molecular weight is 533 g/mol. The van der Waals surface area contributed by atoms with Crippen LogP contribution >= 0.6 is 35.0 Å². The minimum Gasteiger partial charge on any atom is -0.495 e. The Bertz CT molecular complexity index is 1190. The molecule has 0 aromatic heterocycles. The van der Waals surface area contributed by atoms with Gasteiger partial charge in [-0.2, -0.15) is 0 Å². The number of ether oxygens (including phenoxy) is 2. The van der Waals surface area contributed by atoms with Crippen LogP contribution in [-0.2, 0) is 19.1 Å². The van der Waals surface area contributed by atoms with Crippen molar-refractivity contribution in [1.82, 2.24) is 0 Å². The molecule has 0 fully saturated rings. The van der Waals surface area contributed by atoms with Gasteiger partial charge in [0.2, 0.25) is 5.91 Å². The number of rotatable bonds is 10. The first-order valence-corrected chi connectivity index (χ1v) is 12.0. The number of hydrogen-bond donors (Lipinski definition) is 2. The second-order valence-electron chi connectivity index (χ2n) is 7.18. The van der Waals surface area contributed by atoms with Gasteiger partial charge < -0.3 is 20.1 Å². The Morgan fingerprint density at radius 3 is 2.09 bits per heavy atom. The van der Waals surface area contributed by atoms with E-state index in [0.717, 1.165) is 9.79 Å². The van der Waals surface area contributed by atoms with Crippen LogP contribution in [0, 0.1) is 0 Å². The van der Waals surface area contributed by atoms with Crippen molar-refractivity contribution in [2.24, 2.45) is 0 Å². The quantitative estimate of drug-likeness (QED) is 0.308. The molecule has 10 heteroatoms. The van der Waals surface area contributed by atoms with Crippen molar-refractivity contribution in [2.75, 3.05) is 24.4 Å². The van der Waals surface area contributed by atoms with Crippen LogP contribution < -0.4 is 15.4 Å². The fourth-order valence-electron chi connectivity index (χ4n) is 2.87. The number of nitrogens with one attached hydrogen (secondary N) is 2. The van der Waals surface area contributed by atoms with Crippen molar-refractivity contribution in [2.45, 2.75) is 22.6 Å². The highest BCUT2D eigenvalue weighted by molar-refractivity contribution is 7.99.